The molecular formula is C23H19F2N5O2. The highest BCUT2D eigenvalue weighted by Crippen LogP contribution is 2.23. The van der Waals surface area contributed by atoms with Gasteiger partial charge in [-0.25, -0.2) is 23.7 Å². The summed E-state index contributed by atoms with van der Waals surface area (Å²) in [6.45, 7) is 3.86. The van der Waals surface area contributed by atoms with Crippen molar-refractivity contribution in [2.75, 3.05) is 5.32 Å². The van der Waals surface area contributed by atoms with Crippen LogP contribution in [0.15, 0.2) is 61.2 Å². The molecule has 0 unspecified atom stereocenters. The first-order valence-electron chi connectivity index (χ1n) is 9.74. The minimum Gasteiger partial charge on any atom is -0.439 e. The summed E-state index contributed by atoms with van der Waals surface area (Å²) in [4.78, 5) is 24.8. The number of carbonyl (C=O) groups excluding carboxylic acids is 1. The Balaban J connectivity index is 1.40. The van der Waals surface area contributed by atoms with E-state index in [-0.39, 0.29) is 12.0 Å². The van der Waals surface area contributed by atoms with Crippen molar-refractivity contribution in [2.24, 2.45) is 0 Å². The largest absolute Gasteiger partial charge is 0.439 e. The normalized spacial score (nSPS) is 10.8. The van der Waals surface area contributed by atoms with Crippen LogP contribution in [0.3, 0.4) is 0 Å². The molecule has 0 bridgehead atoms. The molecule has 4 rings (SSSR count). The van der Waals surface area contributed by atoms with E-state index in [4.69, 9.17) is 4.74 Å². The topological polar surface area (TPSA) is 81.9 Å². The maximum atomic E-state index is 13.7. The molecule has 0 atom stereocenters. The summed E-state index contributed by atoms with van der Waals surface area (Å²) in [5.41, 5.74) is 2.51. The zero-order valence-corrected chi connectivity index (χ0v) is 17.3. The molecule has 1 amide bonds. The molecule has 9 heteroatoms. The van der Waals surface area contributed by atoms with Gasteiger partial charge >= 0.3 is 0 Å². The number of carbonyl (C=O) groups is 1. The smallest absolute Gasteiger partial charge is 0.228 e. The maximum Gasteiger partial charge on any atom is 0.228 e. The minimum absolute atomic E-state index is 0.117. The lowest BCUT2D eigenvalue weighted by atomic mass is 10.1. The fourth-order valence-electron chi connectivity index (χ4n) is 3.02. The van der Waals surface area contributed by atoms with E-state index < -0.39 is 17.5 Å². The van der Waals surface area contributed by atoms with Crippen LogP contribution in [0.4, 0.5) is 14.5 Å². The van der Waals surface area contributed by atoms with Crippen molar-refractivity contribution in [1.29, 1.82) is 0 Å². The molecule has 0 aliphatic rings. The van der Waals surface area contributed by atoms with Gasteiger partial charge in [0.05, 0.1) is 12.1 Å². The van der Waals surface area contributed by atoms with Gasteiger partial charge in [-0.2, -0.15) is 0 Å². The van der Waals surface area contributed by atoms with Crippen molar-refractivity contribution >= 4 is 11.6 Å². The molecule has 162 valence electrons. The van der Waals surface area contributed by atoms with E-state index in [0.29, 0.717) is 23.1 Å². The van der Waals surface area contributed by atoms with E-state index in [2.05, 4.69) is 20.3 Å². The highest BCUT2D eigenvalue weighted by molar-refractivity contribution is 5.92. The van der Waals surface area contributed by atoms with Crippen LogP contribution in [-0.2, 0) is 11.2 Å². The average Bonchev–Trinajstić information content (AvgIpc) is 3.10. The number of halogens is 2. The Kier molecular flexibility index (Phi) is 5.89. The van der Waals surface area contributed by atoms with Gasteiger partial charge in [-0.3, -0.25) is 9.36 Å². The zero-order valence-electron chi connectivity index (χ0n) is 17.3. The third-order valence-electron chi connectivity index (χ3n) is 4.85. The summed E-state index contributed by atoms with van der Waals surface area (Å²) in [7, 11) is 0. The van der Waals surface area contributed by atoms with Gasteiger partial charge in [-0.1, -0.05) is 6.07 Å². The maximum absolute atomic E-state index is 13.7. The van der Waals surface area contributed by atoms with Crippen molar-refractivity contribution in [2.45, 2.75) is 20.3 Å². The van der Waals surface area contributed by atoms with Gasteiger partial charge in [0.1, 0.15) is 35.9 Å². The van der Waals surface area contributed by atoms with Crippen LogP contribution in [0.2, 0.25) is 0 Å². The van der Waals surface area contributed by atoms with Gasteiger partial charge in [0.15, 0.2) is 0 Å². The van der Waals surface area contributed by atoms with Crippen LogP contribution < -0.4 is 10.1 Å². The van der Waals surface area contributed by atoms with Crippen LogP contribution in [0, 0.1) is 25.5 Å². The van der Waals surface area contributed by atoms with Gasteiger partial charge < -0.3 is 10.1 Å². The molecule has 0 fully saturated rings. The van der Waals surface area contributed by atoms with Crippen molar-refractivity contribution in [3.05, 3.63) is 89.8 Å². The molecular weight excluding hydrogens is 416 g/mol. The third-order valence-corrected chi connectivity index (χ3v) is 4.85. The number of imidazole rings is 1. The number of hydrogen-bond donors (Lipinski definition) is 1. The summed E-state index contributed by atoms with van der Waals surface area (Å²) < 4.78 is 34.3. The summed E-state index contributed by atoms with van der Waals surface area (Å²) in [5, 5.41) is 2.67. The third kappa shape index (κ3) is 4.77. The van der Waals surface area contributed by atoms with Crippen LogP contribution in [0.25, 0.3) is 5.82 Å². The number of rotatable bonds is 6. The monoisotopic (exact) mass is 435 g/mol. The van der Waals surface area contributed by atoms with Crippen LogP contribution in [0.1, 0.15) is 17.0 Å². The molecule has 2 heterocycles. The van der Waals surface area contributed by atoms with Crippen LogP contribution in [-0.4, -0.2) is 25.4 Å². The number of benzene rings is 2. The molecule has 1 N–H and O–H groups in total. The van der Waals surface area contributed by atoms with E-state index >= 15 is 0 Å². The fourth-order valence-corrected chi connectivity index (χ4v) is 3.02. The zero-order chi connectivity index (χ0) is 22.7. The Labute approximate surface area is 182 Å². The highest BCUT2D eigenvalue weighted by Gasteiger charge is 2.11. The fraction of sp³-hybridized carbons (Fsp3) is 0.130. The Morgan fingerprint density at radius 1 is 1.03 bits per heavy atom. The van der Waals surface area contributed by atoms with Crippen LogP contribution in [0.5, 0.6) is 11.6 Å². The number of nitrogens with one attached hydrogen (secondary N) is 1. The number of hydrogen-bond acceptors (Lipinski definition) is 5. The van der Waals surface area contributed by atoms with E-state index in [9.17, 15) is 13.6 Å². The minimum atomic E-state index is -0.755. The number of nitrogens with zero attached hydrogens (tertiary/aromatic N) is 4. The Hall–Kier alpha value is -4.14. The Bertz CT molecular complexity index is 1270. The SMILES string of the molecule is Cc1ncn(-c2cc(Oc3ccc(NC(=O)Cc4ccc(F)cc4F)cc3)ncn2)c1C. The molecule has 0 saturated carbocycles. The predicted molar refractivity (Wildman–Crippen MR) is 114 cm³/mol. The Morgan fingerprint density at radius 3 is 2.50 bits per heavy atom. The molecule has 0 spiro atoms. The number of amides is 1. The molecule has 4 aromatic rings. The van der Waals surface area contributed by atoms with E-state index in [0.717, 1.165) is 23.5 Å². The van der Waals surface area contributed by atoms with Crippen molar-refractivity contribution < 1.29 is 18.3 Å². The lowest BCUT2D eigenvalue weighted by Gasteiger charge is -2.09. The van der Waals surface area contributed by atoms with Crippen molar-refractivity contribution in [3.8, 4) is 17.4 Å². The first kappa shape index (κ1) is 21.1. The predicted octanol–water partition coefficient (Wildman–Crippen LogP) is 4.53. The standard InChI is InChI=1S/C23H19F2N5O2/c1-14-15(2)30(13-28-14)21-11-23(27-12-26-21)32-19-7-5-18(6-8-19)29-22(31)9-16-3-4-17(24)10-20(16)25/h3-8,10-13H,9H2,1-2H3,(H,29,31). The summed E-state index contributed by atoms with van der Waals surface area (Å²) in [5.74, 6) is -0.372. The molecule has 0 aliphatic heterocycles. The average molecular weight is 435 g/mol. The summed E-state index contributed by atoms with van der Waals surface area (Å²) in [6, 6.07) is 11.5. The molecule has 2 aromatic carbocycles. The van der Waals surface area contributed by atoms with Gasteiger partial charge in [0.25, 0.3) is 0 Å². The molecule has 2 aromatic heterocycles. The van der Waals surface area contributed by atoms with E-state index in [1.807, 2.05) is 18.4 Å². The summed E-state index contributed by atoms with van der Waals surface area (Å²) in [6.07, 6.45) is 2.88. The molecule has 0 aliphatic carbocycles. The van der Waals surface area contributed by atoms with E-state index in [1.54, 1.807) is 36.7 Å². The quantitative estimate of drug-likeness (QED) is 0.481. The molecule has 7 nitrogen and oxygen atoms in total. The summed E-state index contributed by atoms with van der Waals surface area (Å²) >= 11 is 0. The highest BCUT2D eigenvalue weighted by atomic mass is 19.1. The van der Waals surface area contributed by atoms with Gasteiger partial charge in [0, 0.05) is 23.5 Å². The first-order chi connectivity index (χ1) is 15.4. The number of aromatic nitrogens is 4. The lowest BCUT2D eigenvalue weighted by molar-refractivity contribution is -0.115. The second kappa shape index (κ2) is 8.93. The van der Waals surface area contributed by atoms with Crippen molar-refractivity contribution in [1.82, 2.24) is 19.5 Å². The van der Waals surface area contributed by atoms with Gasteiger partial charge in [-0.05, 0) is 49.7 Å². The van der Waals surface area contributed by atoms with Gasteiger partial charge in [0.2, 0.25) is 11.8 Å². The molecule has 0 saturated heterocycles. The second-order valence-electron chi connectivity index (χ2n) is 7.09. The number of ether oxygens (including phenoxy) is 1. The van der Waals surface area contributed by atoms with Crippen molar-refractivity contribution in [3.63, 3.8) is 0 Å². The lowest BCUT2D eigenvalue weighted by Crippen LogP contribution is -2.15. The van der Waals surface area contributed by atoms with E-state index in [1.165, 1.54) is 12.4 Å². The number of anilines is 1. The molecule has 0 radical (unpaired) electrons. The number of aryl methyl sites for hydroxylation is 1. The Morgan fingerprint density at radius 2 is 1.81 bits per heavy atom. The van der Waals surface area contributed by atoms with Crippen LogP contribution >= 0.6 is 0 Å². The molecule has 32 heavy (non-hydrogen) atoms. The second-order valence-corrected chi connectivity index (χ2v) is 7.09. The van der Waals surface area contributed by atoms with Gasteiger partial charge in [-0.15, -0.1) is 0 Å². The first-order valence-corrected chi connectivity index (χ1v) is 9.74.